The zero-order chi connectivity index (χ0) is 21.9. The first-order chi connectivity index (χ1) is 15.7. The van der Waals surface area contributed by atoms with Crippen molar-refractivity contribution < 1.29 is 9.53 Å². The zero-order valence-electron chi connectivity index (χ0n) is 17.6. The van der Waals surface area contributed by atoms with Gasteiger partial charge in [-0.1, -0.05) is 65.9 Å². The van der Waals surface area contributed by atoms with Crippen LogP contribution in [0.5, 0.6) is 5.75 Å². The van der Waals surface area contributed by atoms with Gasteiger partial charge in [-0.05, 0) is 40.6 Å². The molecule has 0 atom stereocenters. The molecule has 1 amide bonds. The summed E-state index contributed by atoms with van der Waals surface area (Å²) >= 11 is 1.48. The number of anilines is 1. The number of methoxy groups -OCH3 is 1. The van der Waals surface area contributed by atoms with Crippen LogP contribution in [0.1, 0.15) is 11.3 Å². The molecule has 5 rings (SSSR count). The Morgan fingerprint density at radius 3 is 2.62 bits per heavy atom. The van der Waals surface area contributed by atoms with E-state index in [9.17, 15) is 4.79 Å². The van der Waals surface area contributed by atoms with Crippen molar-refractivity contribution in [1.82, 2.24) is 9.97 Å². The number of rotatable bonds is 6. The fraction of sp³-hybridized carbons (Fsp3) is 0.115. The van der Waals surface area contributed by atoms with Gasteiger partial charge in [0.15, 0.2) is 5.13 Å². The molecule has 0 saturated heterocycles. The second-order valence-corrected chi connectivity index (χ2v) is 8.47. The van der Waals surface area contributed by atoms with Crippen molar-refractivity contribution in [3.63, 3.8) is 0 Å². The number of benzene rings is 3. The lowest BCUT2D eigenvalue weighted by molar-refractivity contribution is -0.118. The van der Waals surface area contributed by atoms with Gasteiger partial charge in [-0.25, -0.2) is 4.98 Å². The van der Waals surface area contributed by atoms with E-state index in [2.05, 4.69) is 29.2 Å². The number of amides is 1. The Kier molecular flexibility index (Phi) is 5.52. The second kappa shape index (κ2) is 8.77. The van der Waals surface area contributed by atoms with Crippen LogP contribution >= 0.6 is 11.3 Å². The summed E-state index contributed by atoms with van der Waals surface area (Å²) in [5.41, 5.74) is 2.54. The molecule has 5 aromatic rings. The van der Waals surface area contributed by atoms with Crippen LogP contribution in [0.3, 0.4) is 0 Å². The molecule has 158 valence electrons. The van der Waals surface area contributed by atoms with Crippen LogP contribution in [-0.4, -0.2) is 23.0 Å². The van der Waals surface area contributed by atoms with E-state index in [1.54, 1.807) is 18.2 Å². The number of aromatic nitrogens is 2. The highest BCUT2D eigenvalue weighted by Gasteiger charge is 2.22. The number of thiazole rings is 1. The Labute approximate surface area is 189 Å². The third-order valence-corrected chi connectivity index (χ3v) is 6.38. The number of hydrogen-bond acceptors (Lipinski definition) is 5. The monoisotopic (exact) mass is 439 g/mol. The van der Waals surface area contributed by atoms with E-state index < -0.39 is 0 Å². The van der Waals surface area contributed by atoms with Gasteiger partial charge in [0.2, 0.25) is 5.91 Å². The first-order valence-corrected chi connectivity index (χ1v) is 11.1. The minimum Gasteiger partial charge on any atom is -0.494 e. The van der Waals surface area contributed by atoms with Gasteiger partial charge in [0.05, 0.1) is 30.5 Å². The number of pyridine rings is 1. The fourth-order valence-corrected chi connectivity index (χ4v) is 4.73. The average Bonchev–Trinajstić information content (AvgIpc) is 3.27. The van der Waals surface area contributed by atoms with Crippen molar-refractivity contribution in [2.45, 2.75) is 13.0 Å². The highest BCUT2D eigenvalue weighted by Crippen LogP contribution is 2.35. The number of carbonyl (C=O) groups is 1. The van der Waals surface area contributed by atoms with Crippen molar-refractivity contribution in [2.24, 2.45) is 0 Å². The van der Waals surface area contributed by atoms with E-state index in [1.807, 2.05) is 54.6 Å². The van der Waals surface area contributed by atoms with Crippen molar-refractivity contribution in [1.29, 1.82) is 0 Å². The first kappa shape index (κ1) is 20.2. The smallest absolute Gasteiger partial charge is 0.233 e. The van der Waals surface area contributed by atoms with Crippen LogP contribution in [0, 0.1) is 0 Å². The Balaban J connectivity index is 1.51. The van der Waals surface area contributed by atoms with E-state index >= 15 is 0 Å². The molecule has 2 heterocycles. The molecule has 2 aromatic heterocycles. The topological polar surface area (TPSA) is 55.3 Å². The van der Waals surface area contributed by atoms with Crippen LogP contribution in [0.4, 0.5) is 5.13 Å². The molecule has 0 spiro atoms. The van der Waals surface area contributed by atoms with Crippen LogP contribution in [-0.2, 0) is 17.8 Å². The maximum Gasteiger partial charge on any atom is 0.233 e. The number of ether oxygens (including phenoxy) is 1. The Bertz CT molecular complexity index is 1400. The number of carbonyl (C=O) groups excluding carboxylic acids is 1. The normalized spacial score (nSPS) is 11.0. The van der Waals surface area contributed by atoms with Gasteiger partial charge in [-0.3, -0.25) is 14.7 Å². The molecule has 0 aliphatic rings. The number of nitrogens with zero attached hydrogens (tertiary/aromatic N) is 3. The molecule has 0 unspecified atom stereocenters. The van der Waals surface area contributed by atoms with Crippen LogP contribution < -0.4 is 9.64 Å². The average molecular weight is 440 g/mol. The van der Waals surface area contributed by atoms with Crippen molar-refractivity contribution >= 4 is 43.4 Å². The lowest BCUT2D eigenvalue weighted by Gasteiger charge is -2.19. The maximum atomic E-state index is 13.5. The minimum atomic E-state index is -0.0241. The molecule has 0 fully saturated rings. The molecular weight excluding hydrogens is 418 g/mol. The predicted molar refractivity (Wildman–Crippen MR) is 129 cm³/mol. The second-order valence-electron chi connectivity index (χ2n) is 7.46. The van der Waals surface area contributed by atoms with Gasteiger partial charge in [0, 0.05) is 6.20 Å². The number of fused-ring (bicyclic) bond motifs is 2. The predicted octanol–water partition coefficient (Wildman–Crippen LogP) is 5.63. The molecule has 3 aromatic carbocycles. The summed E-state index contributed by atoms with van der Waals surface area (Å²) in [4.78, 5) is 24.4. The Morgan fingerprint density at radius 1 is 0.969 bits per heavy atom. The summed E-state index contributed by atoms with van der Waals surface area (Å²) in [5, 5.41) is 2.92. The van der Waals surface area contributed by atoms with Crippen molar-refractivity contribution in [3.8, 4) is 5.75 Å². The van der Waals surface area contributed by atoms with Gasteiger partial charge >= 0.3 is 0 Å². The summed E-state index contributed by atoms with van der Waals surface area (Å²) in [5.74, 6) is 0.675. The molecule has 0 aliphatic heterocycles. The van der Waals surface area contributed by atoms with Crippen LogP contribution in [0.15, 0.2) is 85.1 Å². The first-order valence-electron chi connectivity index (χ1n) is 10.3. The summed E-state index contributed by atoms with van der Waals surface area (Å²) in [6.07, 6.45) is 2.02. The van der Waals surface area contributed by atoms with E-state index in [-0.39, 0.29) is 12.3 Å². The maximum absolute atomic E-state index is 13.5. The molecule has 6 heteroatoms. The summed E-state index contributed by atoms with van der Waals surface area (Å²) in [7, 11) is 1.63. The molecular formula is C26H21N3O2S. The molecule has 0 bridgehead atoms. The quantitative estimate of drug-likeness (QED) is 0.344. The van der Waals surface area contributed by atoms with Crippen molar-refractivity contribution in [3.05, 3.63) is 96.3 Å². The highest BCUT2D eigenvalue weighted by molar-refractivity contribution is 7.22. The van der Waals surface area contributed by atoms with Gasteiger partial charge in [0.25, 0.3) is 0 Å². The molecule has 0 saturated carbocycles. The van der Waals surface area contributed by atoms with Crippen molar-refractivity contribution in [2.75, 3.05) is 12.0 Å². The van der Waals surface area contributed by atoms with E-state index in [4.69, 9.17) is 9.72 Å². The Hall–Kier alpha value is -3.77. The molecule has 32 heavy (non-hydrogen) atoms. The van der Waals surface area contributed by atoms with E-state index in [0.717, 1.165) is 32.2 Å². The Morgan fingerprint density at radius 2 is 1.81 bits per heavy atom. The summed E-state index contributed by atoms with van der Waals surface area (Å²) in [6.45, 7) is 0.357. The molecule has 0 aliphatic carbocycles. The highest BCUT2D eigenvalue weighted by atomic mass is 32.1. The lowest BCUT2D eigenvalue weighted by atomic mass is 10.0. The molecule has 5 nitrogen and oxygen atoms in total. The molecule has 0 N–H and O–H groups in total. The standard InChI is InChI=1S/C26H21N3O2S/c1-31-22-10-6-11-23-25(22)28-26(32-23)29(17-21-9-4-5-14-27-21)24(30)16-18-12-13-19-7-2-3-8-20(19)15-18/h2-15H,16-17H2,1H3. The lowest BCUT2D eigenvalue weighted by Crippen LogP contribution is -2.32. The van der Waals surface area contributed by atoms with Crippen LogP contribution in [0.25, 0.3) is 21.0 Å². The SMILES string of the molecule is COc1cccc2sc(N(Cc3ccccn3)C(=O)Cc3ccc4ccccc4c3)nc12. The number of hydrogen-bond donors (Lipinski definition) is 0. The van der Waals surface area contributed by atoms with Gasteiger partial charge in [-0.2, -0.15) is 0 Å². The van der Waals surface area contributed by atoms with Gasteiger partial charge in [-0.15, -0.1) is 0 Å². The zero-order valence-corrected chi connectivity index (χ0v) is 18.4. The van der Waals surface area contributed by atoms with Crippen LogP contribution in [0.2, 0.25) is 0 Å². The fourth-order valence-electron chi connectivity index (χ4n) is 3.73. The number of para-hydroxylation sites is 1. The third-order valence-electron chi connectivity index (χ3n) is 5.34. The van der Waals surface area contributed by atoms with Gasteiger partial charge < -0.3 is 4.74 Å². The minimum absolute atomic E-state index is 0.0241. The largest absolute Gasteiger partial charge is 0.494 e. The third kappa shape index (κ3) is 4.05. The summed E-state index contributed by atoms with van der Waals surface area (Å²) in [6, 6.07) is 25.8. The van der Waals surface area contributed by atoms with Gasteiger partial charge in [0.1, 0.15) is 11.3 Å². The summed E-state index contributed by atoms with van der Waals surface area (Å²) < 4.78 is 6.44. The molecule has 0 radical (unpaired) electrons. The van der Waals surface area contributed by atoms with E-state index in [0.29, 0.717) is 17.4 Å². The van der Waals surface area contributed by atoms with E-state index in [1.165, 1.54) is 11.3 Å².